The van der Waals surface area contributed by atoms with Crippen LogP contribution >= 0.6 is 11.6 Å². The zero-order valence-corrected chi connectivity index (χ0v) is 16.5. The van der Waals surface area contributed by atoms with E-state index in [4.69, 9.17) is 22.1 Å². The number of nitrogen functional groups attached to an aromatic ring is 1. The fourth-order valence-electron chi connectivity index (χ4n) is 3.32. The number of nitrogens with two attached hydrogens (primary N) is 1. The summed E-state index contributed by atoms with van der Waals surface area (Å²) in [5, 5.41) is 14.8. The molecule has 0 unspecified atom stereocenters. The SMILES string of the molecule is CCOc1cc(CN2CCC(Nc3ccc([N+](=O)[O-])c(N)n3)CC2)ccc1Cl. The van der Waals surface area contributed by atoms with E-state index >= 15 is 0 Å². The first-order valence-electron chi connectivity index (χ1n) is 9.27. The molecule has 0 spiro atoms. The second-order valence-corrected chi connectivity index (χ2v) is 7.16. The number of piperidine rings is 1. The Balaban J connectivity index is 1.53. The number of benzene rings is 1. The standard InChI is InChI=1S/C19H24ClN5O3/c1-2-28-17-11-13(3-4-15(17)20)12-24-9-7-14(8-10-24)22-18-6-5-16(25(26)27)19(21)23-18/h3-6,11,14H,2,7-10,12H2,1H3,(H3,21,22,23). The summed E-state index contributed by atoms with van der Waals surface area (Å²) in [5.74, 6) is 1.22. The molecule has 0 amide bonds. The van der Waals surface area contributed by atoms with Gasteiger partial charge in [0.25, 0.3) is 0 Å². The number of anilines is 2. The van der Waals surface area contributed by atoms with Crippen LogP contribution in [0.25, 0.3) is 0 Å². The molecule has 0 aliphatic carbocycles. The lowest BCUT2D eigenvalue weighted by Crippen LogP contribution is -2.38. The third-order valence-corrected chi connectivity index (χ3v) is 5.05. The number of nitro groups is 1. The van der Waals surface area contributed by atoms with E-state index in [1.807, 2.05) is 25.1 Å². The number of hydrogen-bond acceptors (Lipinski definition) is 7. The van der Waals surface area contributed by atoms with Crippen LogP contribution in [0.5, 0.6) is 5.75 Å². The van der Waals surface area contributed by atoms with E-state index < -0.39 is 4.92 Å². The monoisotopic (exact) mass is 405 g/mol. The number of halogens is 1. The van der Waals surface area contributed by atoms with E-state index in [0.717, 1.165) is 38.2 Å². The topological polar surface area (TPSA) is 107 Å². The predicted molar refractivity (Wildman–Crippen MR) is 110 cm³/mol. The highest BCUT2D eigenvalue weighted by molar-refractivity contribution is 6.32. The number of rotatable bonds is 7. The van der Waals surface area contributed by atoms with E-state index in [-0.39, 0.29) is 17.5 Å². The maximum Gasteiger partial charge on any atom is 0.311 e. The summed E-state index contributed by atoms with van der Waals surface area (Å²) in [7, 11) is 0. The summed E-state index contributed by atoms with van der Waals surface area (Å²) in [6.07, 6.45) is 1.90. The van der Waals surface area contributed by atoms with Gasteiger partial charge >= 0.3 is 5.69 Å². The Kier molecular flexibility index (Phi) is 6.53. The highest BCUT2D eigenvalue weighted by Crippen LogP contribution is 2.27. The van der Waals surface area contributed by atoms with Crippen LogP contribution in [0.2, 0.25) is 5.02 Å². The number of pyridine rings is 1. The molecule has 0 atom stereocenters. The zero-order chi connectivity index (χ0) is 20.1. The quantitative estimate of drug-likeness (QED) is 0.534. The van der Waals surface area contributed by atoms with Gasteiger partial charge < -0.3 is 15.8 Å². The molecule has 1 saturated heterocycles. The van der Waals surface area contributed by atoms with E-state index in [1.165, 1.54) is 11.6 Å². The van der Waals surface area contributed by atoms with Crippen molar-refractivity contribution in [3.8, 4) is 5.75 Å². The first-order chi connectivity index (χ1) is 13.5. The van der Waals surface area contributed by atoms with Gasteiger partial charge in [0.2, 0.25) is 5.82 Å². The zero-order valence-electron chi connectivity index (χ0n) is 15.7. The number of likely N-dealkylation sites (tertiary alicyclic amines) is 1. The molecule has 1 fully saturated rings. The maximum atomic E-state index is 10.8. The van der Waals surface area contributed by atoms with E-state index in [9.17, 15) is 10.1 Å². The Morgan fingerprint density at radius 2 is 2.11 bits per heavy atom. The first kappa shape index (κ1) is 20.2. The molecule has 1 aliphatic rings. The fraction of sp³-hybridized carbons (Fsp3) is 0.421. The van der Waals surface area contributed by atoms with Gasteiger partial charge in [-0.2, -0.15) is 0 Å². The Bertz CT molecular complexity index is 840. The van der Waals surface area contributed by atoms with Gasteiger partial charge in [-0.3, -0.25) is 15.0 Å². The minimum atomic E-state index is -0.529. The molecule has 9 heteroatoms. The minimum Gasteiger partial charge on any atom is -0.492 e. The lowest BCUT2D eigenvalue weighted by molar-refractivity contribution is -0.384. The molecule has 2 aromatic rings. The summed E-state index contributed by atoms with van der Waals surface area (Å²) in [4.78, 5) is 16.8. The average Bonchev–Trinajstić information content (AvgIpc) is 2.66. The van der Waals surface area contributed by atoms with Crippen LogP contribution in [0, 0.1) is 10.1 Å². The van der Waals surface area contributed by atoms with Crippen LogP contribution in [0.3, 0.4) is 0 Å². The summed E-state index contributed by atoms with van der Waals surface area (Å²) in [5.41, 5.74) is 6.66. The summed E-state index contributed by atoms with van der Waals surface area (Å²) in [6.45, 7) is 5.24. The van der Waals surface area contributed by atoms with Gasteiger partial charge in [0.05, 0.1) is 16.6 Å². The second kappa shape index (κ2) is 9.07. The molecule has 0 radical (unpaired) electrons. The maximum absolute atomic E-state index is 10.8. The third-order valence-electron chi connectivity index (χ3n) is 4.74. The lowest BCUT2D eigenvalue weighted by Gasteiger charge is -2.32. The van der Waals surface area contributed by atoms with E-state index in [0.29, 0.717) is 17.4 Å². The van der Waals surface area contributed by atoms with Crippen LogP contribution in [0.15, 0.2) is 30.3 Å². The fourth-order valence-corrected chi connectivity index (χ4v) is 3.49. The van der Waals surface area contributed by atoms with E-state index in [1.54, 1.807) is 6.07 Å². The van der Waals surface area contributed by atoms with Crippen molar-refractivity contribution in [3.05, 3.63) is 51.0 Å². The van der Waals surface area contributed by atoms with Gasteiger partial charge in [0, 0.05) is 31.7 Å². The molecule has 3 N–H and O–H groups in total. The minimum absolute atomic E-state index is 0.0692. The van der Waals surface area contributed by atoms with Crippen molar-refractivity contribution in [3.63, 3.8) is 0 Å². The van der Waals surface area contributed by atoms with Crippen molar-refractivity contribution in [2.45, 2.75) is 32.4 Å². The van der Waals surface area contributed by atoms with Crippen molar-refractivity contribution < 1.29 is 9.66 Å². The Labute approximate surface area is 168 Å². The highest BCUT2D eigenvalue weighted by Gasteiger charge is 2.21. The van der Waals surface area contributed by atoms with Crippen LogP contribution in [-0.2, 0) is 6.54 Å². The van der Waals surface area contributed by atoms with Gasteiger partial charge in [-0.25, -0.2) is 4.98 Å². The second-order valence-electron chi connectivity index (χ2n) is 6.75. The number of nitrogens with one attached hydrogen (secondary N) is 1. The normalized spacial score (nSPS) is 15.4. The van der Waals surface area contributed by atoms with Crippen LogP contribution in [-0.4, -0.2) is 40.5 Å². The summed E-state index contributed by atoms with van der Waals surface area (Å²) >= 11 is 6.15. The van der Waals surface area contributed by atoms with Crippen LogP contribution in [0.1, 0.15) is 25.3 Å². The number of hydrogen-bond donors (Lipinski definition) is 2. The number of ether oxygens (including phenoxy) is 1. The van der Waals surface area contributed by atoms with Crippen molar-refractivity contribution in [1.82, 2.24) is 9.88 Å². The van der Waals surface area contributed by atoms with Crippen LogP contribution in [0.4, 0.5) is 17.3 Å². The molecule has 1 aliphatic heterocycles. The smallest absolute Gasteiger partial charge is 0.311 e. The largest absolute Gasteiger partial charge is 0.492 e. The molecule has 3 rings (SSSR count). The molecular formula is C19H24ClN5O3. The molecule has 1 aromatic heterocycles. The highest BCUT2D eigenvalue weighted by atomic mass is 35.5. The molecule has 0 bridgehead atoms. The first-order valence-corrected chi connectivity index (χ1v) is 9.65. The van der Waals surface area contributed by atoms with Gasteiger partial charge in [0.15, 0.2) is 0 Å². The summed E-state index contributed by atoms with van der Waals surface area (Å²) < 4.78 is 5.56. The number of nitrogens with zero attached hydrogens (tertiary/aromatic N) is 3. The van der Waals surface area contributed by atoms with Crippen LogP contribution < -0.4 is 15.8 Å². The molecule has 0 saturated carbocycles. The predicted octanol–water partition coefficient (Wildman–Crippen LogP) is 3.70. The third kappa shape index (κ3) is 5.02. The Morgan fingerprint density at radius 3 is 2.75 bits per heavy atom. The van der Waals surface area contributed by atoms with Crippen molar-refractivity contribution in [1.29, 1.82) is 0 Å². The molecule has 1 aromatic carbocycles. The van der Waals surface area contributed by atoms with Gasteiger partial charge in [-0.15, -0.1) is 0 Å². The van der Waals surface area contributed by atoms with Gasteiger partial charge in [0.1, 0.15) is 11.6 Å². The van der Waals surface area contributed by atoms with Crippen molar-refractivity contribution in [2.24, 2.45) is 0 Å². The molecule has 8 nitrogen and oxygen atoms in total. The summed E-state index contributed by atoms with van der Waals surface area (Å²) in [6, 6.07) is 9.15. The Morgan fingerprint density at radius 1 is 1.36 bits per heavy atom. The van der Waals surface area contributed by atoms with Gasteiger partial charge in [-0.05, 0) is 43.5 Å². The molecular weight excluding hydrogens is 382 g/mol. The lowest BCUT2D eigenvalue weighted by atomic mass is 10.0. The number of aromatic nitrogens is 1. The van der Waals surface area contributed by atoms with E-state index in [2.05, 4.69) is 15.2 Å². The van der Waals surface area contributed by atoms with Gasteiger partial charge in [-0.1, -0.05) is 17.7 Å². The molecule has 28 heavy (non-hydrogen) atoms. The average molecular weight is 406 g/mol. The van der Waals surface area contributed by atoms with Crippen molar-refractivity contribution >= 4 is 28.9 Å². The molecule has 150 valence electrons. The molecule has 2 heterocycles. The Hall–Kier alpha value is -2.58. The van der Waals surface area contributed by atoms with Crippen molar-refractivity contribution in [2.75, 3.05) is 30.7 Å².